The lowest BCUT2D eigenvalue weighted by Crippen LogP contribution is -2.48. The van der Waals surface area contributed by atoms with Gasteiger partial charge in [0.05, 0.1) is 0 Å². The molecule has 1 aromatic rings. The molecule has 25 heavy (non-hydrogen) atoms. The molecular formula is C17H26FN3O4. The Kier molecular flexibility index (Phi) is 10.0. The van der Waals surface area contributed by atoms with Gasteiger partial charge >= 0.3 is 0 Å². The number of likely N-dealkylation sites (N-methyl/N-ethyl adjacent to an activating group) is 1. The molecule has 0 aliphatic rings. The first-order chi connectivity index (χ1) is 11.6. The van der Waals surface area contributed by atoms with Crippen molar-refractivity contribution in [3.8, 4) is 0 Å². The van der Waals surface area contributed by atoms with Crippen molar-refractivity contribution in [2.24, 2.45) is 0 Å². The molecule has 140 valence electrons. The molecule has 1 aromatic carbocycles. The number of hydrogen-bond acceptors (Lipinski definition) is 4. The maximum Gasteiger partial charge on any atom is 0.290 e. The van der Waals surface area contributed by atoms with Crippen LogP contribution in [0.25, 0.3) is 0 Å². The van der Waals surface area contributed by atoms with Gasteiger partial charge in [0, 0.05) is 30.6 Å². The smallest absolute Gasteiger partial charge is 0.290 e. The van der Waals surface area contributed by atoms with Crippen LogP contribution in [0.3, 0.4) is 0 Å². The highest BCUT2D eigenvalue weighted by molar-refractivity contribution is 5.93. The number of halogens is 1. The zero-order chi connectivity index (χ0) is 19.5. The van der Waals surface area contributed by atoms with Gasteiger partial charge in [-0.2, -0.15) is 0 Å². The van der Waals surface area contributed by atoms with Gasteiger partial charge in [0.1, 0.15) is 5.82 Å². The Morgan fingerprint density at radius 3 is 2.32 bits per heavy atom. The second-order valence-electron chi connectivity index (χ2n) is 6.15. The van der Waals surface area contributed by atoms with Gasteiger partial charge in [-0.05, 0) is 46.1 Å². The minimum atomic E-state index is -0.415. The molecule has 0 fully saturated rings. The third-order valence-corrected chi connectivity index (χ3v) is 3.62. The lowest BCUT2D eigenvalue weighted by Gasteiger charge is -2.32. The molecule has 7 nitrogen and oxygen atoms in total. The van der Waals surface area contributed by atoms with Gasteiger partial charge < -0.3 is 20.6 Å². The molecule has 1 rings (SSSR count). The first-order valence-electron chi connectivity index (χ1n) is 7.69. The summed E-state index contributed by atoms with van der Waals surface area (Å²) in [6.07, 6.45) is 0.162. The molecule has 0 aliphatic heterocycles. The molecule has 3 N–H and O–H groups in total. The first kappa shape index (κ1) is 22.5. The highest BCUT2D eigenvalue weighted by atomic mass is 19.1. The van der Waals surface area contributed by atoms with Crippen LogP contribution in [-0.2, 0) is 14.4 Å². The van der Waals surface area contributed by atoms with E-state index in [2.05, 4.69) is 10.6 Å². The molecule has 8 heteroatoms. The number of benzene rings is 1. The lowest BCUT2D eigenvalue weighted by molar-refractivity contribution is -0.124. The Bertz CT molecular complexity index is 577. The van der Waals surface area contributed by atoms with Crippen LogP contribution in [0.15, 0.2) is 24.3 Å². The normalized spacial score (nSPS) is 10.5. The molecule has 0 spiro atoms. The molecule has 0 bridgehead atoms. The summed E-state index contributed by atoms with van der Waals surface area (Å²) in [6, 6.07) is 5.65. The van der Waals surface area contributed by atoms with Crippen LogP contribution in [0, 0.1) is 5.82 Å². The first-order valence-corrected chi connectivity index (χ1v) is 7.69. The summed E-state index contributed by atoms with van der Waals surface area (Å²) in [7, 11) is 3.89. The fraction of sp³-hybridized carbons (Fsp3) is 0.471. The molecule has 0 unspecified atom stereocenters. The molecule has 0 aliphatic carbocycles. The molecule has 0 radical (unpaired) electrons. The molecule has 0 atom stereocenters. The van der Waals surface area contributed by atoms with Gasteiger partial charge in [0.2, 0.25) is 11.8 Å². The predicted molar refractivity (Wildman–Crippen MR) is 93.7 cm³/mol. The van der Waals surface area contributed by atoms with Gasteiger partial charge in [0.25, 0.3) is 6.47 Å². The molecule has 0 saturated heterocycles. The standard InChI is InChI=1S/C16H24FN3O2.CH2O2/c1-16(2,20(3)4)11-18-14(21)8-9-15(22)19-13-7-5-6-12(17)10-13;2-1-3/h5-7,10H,8-9,11H2,1-4H3,(H,18,21)(H,19,22);1H,(H,2,3). The van der Waals surface area contributed by atoms with Gasteiger partial charge in [-0.15, -0.1) is 0 Å². The number of anilines is 1. The van der Waals surface area contributed by atoms with E-state index in [1.807, 2.05) is 32.8 Å². The Morgan fingerprint density at radius 1 is 1.24 bits per heavy atom. The summed E-state index contributed by atoms with van der Waals surface area (Å²) >= 11 is 0. The van der Waals surface area contributed by atoms with E-state index in [0.29, 0.717) is 12.2 Å². The lowest BCUT2D eigenvalue weighted by atomic mass is 10.0. The molecular weight excluding hydrogens is 329 g/mol. The Balaban J connectivity index is 0.00000178. The highest BCUT2D eigenvalue weighted by Crippen LogP contribution is 2.10. The van der Waals surface area contributed by atoms with Crippen molar-refractivity contribution in [2.45, 2.75) is 32.2 Å². The van der Waals surface area contributed by atoms with E-state index in [4.69, 9.17) is 9.90 Å². The Morgan fingerprint density at radius 2 is 1.80 bits per heavy atom. The fourth-order valence-corrected chi connectivity index (χ4v) is 1.58. The molecule has 2 amide bonds. The predicted octanol–water partition coefficient (Wildman–Crippen LogP) is 1.70. The monoisotopic (exact) mass is 355 g/mol. The van der Waals surface area contributed by atoms with Crippen molar-refractivity contribution >= 4 is 24.0 Å². The van der Waals surface area contributed by atoms with Crippen LogP contribution < -0.4 is 10.6 Å². The summed E-state index contributed by atoms with van der Waals surface area (Å²) in [5.41, 5.74) is 0.235. The third kappa shape index (κ3) is 10.1. The van der Waals surface area contributed by atoms with Crippen LogP contribution in [0.1, 0.15) is 26.7 Å². The second kappa shape index (κ2) is 11.1. The number of carboxylic acid groups (broad SMARTS) is 1. The van der Waals surface area contributed by atoms with Crippen LogP contribution in [0.4, 0.5) is 10.1 Å². The summed E-state index contributed by atoms with van der Waals surface area (Å²) in [6.45, 7) is 4.29. The minimum Gasteiger partial charge on any atom is -0.483 e. The number of rotatable bonds is 7. The van der Waals surface area contributed by atoms with E-state index in [-0.39, 0.29) is 36.7 Å². The third-order valence-electron chi connectivity index (χ3n) is 3.62. The molecule has 0 aromatic heterocycles. The van der Waals surface area contributed by atoms with E-state index < -0.39 is 5.82 Å². The van der Waals surface area contributed by atoms with Crippen LogP contribution in [-0.4, -0.2) is 54.5 Å². The number of carbonyl (C=O) groups is 3. The SMILES string of the molecule is CN(C)C(C)(C)CNC(=O)CCC(=O)Nc1cccc(F)c1.O=CO. The van der Waals surface area contributed by atoms with Gasteiger partial charge in [-0.1, -0.05) is 6.07 Å². The summed E-state index contributed by atoms with van der Waals surface area (Å²) in [4.78, 5) is 33.8. The summed E-state index contributed by atoms with van der Waals surface area (Å²) in [5, 5.41) is 12.3. The number of nitrogens with zero attached hydrogens (tertiary/aromatic N) is 1. The van der Waals surface area contributed by atoms with Gasteiger partial charge in [-0.3, -0.25) is 14.4 Å². The van der Waals surface area contributed by atoms with Gasteiger partial charge in [-0.25, -0.2) is 4.39 Å². The average Bonchev–Trinajstić information content (AvgIpc) is 2.51. The van der Waals surface area contributed by atoms with Crippen molar-refractivity contribution in [3.63, 3.8) is 0 Å². The van der Waals surface area contributed by atoms with Crippen LogP contribution >= 0.6 is 0 Å². The highest BCUT2D eigenvalue weighted by Gasteiger charge is 2.21. The largest absolute Gasteiger partial charge is 0.483 e. The van der Waals surface area contributed by atoms with Crippen molar-refractivity contribution < 1.29 is 23.9 Å². The van der Waals surface area contributed by atoms with E-state index in [9.17, 15) is 14.0 Å². The maximum atomic E-state index is 13.0. The van der Waals surface area contributed by atoms with Crippen molar-refractivity contribution in [1.82, 2.24) is 10.2 Å². The Hall–Kier alpha value is -2.48. The quantitative estimate of drug-likeness (QED) is 0.647. The maximum absolute atomic E-state index is 13.0. The van der Waals surface area contributed by atoms with Gasteiger partial charge in [0.15, 0.2) is 0 Å². The molecule has 0 heterocycles. The fourth-order valence-electron chi connectivity index (χ4n) is 1.58. The average molecular weight is 355 g/mol. The number of carbonyl (C=O) groups excluding carboxylic acids is 2. The summed E-state index contributed by atoms with van der Waals surface area (Å²) in [5.74, 6) is -0.904. The minimum absolute atomic E-state index is 0.0603. The van der Waals surface area contributed by atoms with E-state index in [1.165, 1.54) is 18.2 Å². The molecule has 0 saturated carbocycles. The Labute approximate surface area is 147 Å². The van der Waals surface area contributed by atoms with Crippen LogP contribution in [0.2, 0.25) is 0 Å². The van der Waals surface area contributed by atoms with Crippen molar-refractivity contribution in [3.05, 3.63) is 30.1 Å². The number of amides is 2. The number of hydrogen-bond donors (Lipinski definition) is 3. The zero-order valence-electron chi connectivity index (χ0n) is 15.0. The zero-order valence-corrected chi connectivity index (χ0v) is 15.0. The van der Waals surface area contributed by atoms with E-state index in [1.54, 1.807) is 6.07 Å². The van der Waals surface area contributed by atoms with E-state index in [0.717, 1.165) is 0 Å². The summed E-state index contributed by atoms with van der Waals surface area (Å²) < 4.78 is 13.0. The van der Waals surface area contributed by atoms with Crippen molar-refractivity contribution in [1.29, 1.82) is 0 Å². The van der Waals surface area contributed by atoms with E-state index >= 15 is 0 Å². The van der Waals surface area contributed by atoms with Crippen LogP contribution in [0.5, 0.6) is 0 Å². The number of nitrogens with one attached hydrogen (secondary N) is 2. The second-order valence-corrected chi connectivity index (χ2v) is 6.15. The topological polar surface area (TPSA) is 98.7 Å². The van der Waals surface area contributed by atoms with Crippen molar-refractivity contribution in [2.75, 3.05) is 26.0 Å².